The van der Waals surface area contributed by atoms with E-state index in [1.54, 1.807) is 0 Å². The Morgan fingerprint density at radius 2 is 2.00 bits per heavy atom. The van der Waals surface area contributed by atoms with Crippen molar-refractivity contribution in [3.05, 3.63) is 24.3 Å². The van der Waals surface area contributed by atoms with Gasteiger partial charge in [-0.3, -0.25) is 0 Å². The van der Waals surface area contributed by atoms with Crippen LogP contribution in [0.4, 0.5) is 0 Å². The van der Waals surface area contributed by atoms with Gasteiger partial charge in [0.05, 0.1) is 0 Å². The number of aldehydes is 1. The molecule has 2 atom stereocenters. The fourth-order valence-electron chi connectivity index (χ4n) is 1.89. The third kappa shape index (κ3) is 10.0. The maximum absolute atomic E-state index is 10.5. The van der Waals surface area contributed by atoms with Gasteiger partial charge in [0.15, 0.2) is 0 Å². The van der Waals surface area contributed by atoms with Gasteiger partial charge in [-0.25, -0.2) is 0 Å². The van der Waals surface area contributed by atoms with E-state index >= 15 is 0 Å². The molecule has 1 nitrogen and oxygen atoms in total. The highest BCUT2D eigenvalue weighted by atomic mass is 16.1. The van der Waals surface area contributed by atoms with E-state index in [2.05, 4.69) is 26.5 Å². The fourth-order valence-corrected chi connectivity index (χ4v) is 1.89. The summed E-state index contributed by atoms with van der Waals surface area (Å²) in [6.07, 6.45) is 12.2. The molecule has 0 aromatic carbocycles. The first-order chi connectivity index (χ1) is 8.10. The molecule has 0 bridgehead atoms. The first-order valence-corrected chi connectivity index (χ1v) is 6.82. The molecule has 0 amide bonds. The van der Waals surface area contributed by atoms with Gasteiger partial charge in [-0.05, 0) is 44.9 Å². The maximum Gasteiger partial charge on any atom is 0.122 e. The van der Waals surface area contributed by atoms with Gasteiger partial charge in [-0.1, -0.05) is 38.0 Å². The van der Waals surface area contributed by atoms with Crippen LogP contribution in [0.2, 0.25) is 0 Å². The van der Waals surface area contributed by atoms with Crippen LogP contribution in [0.1, 0.15) is 59.3 Å². The predicted molar refractivity (Wildman–Crippen MR) is 76.0 cm³/mol. The molecule has 0 aliphatic heterocycles. The summed E-state index contributed by atoms with van der Waals surface area (Å²) >= 11 is 0. The molecule has 98 valence electrons. The van der Waals surface area contributed by atoms with E-state index in [0.29, 0.717) is 0 Å². The summed E-state index contributed by atoms with van der Waals surface area (Å²) in [5.74, 6) is 0.960. The lowest BCUT2D eigenvalue weighted by Gasteiger charge is -2.08. The second-order valence-corrected chi connectivity index (χ2v) is 5.26. The normalized spacial score (nSPS) is 15.4. The van der Waals surface area contributed by atoms with Crippen molar-refractivity contribution in [3.63, 3.8) is 0 Å². The van der Waals surface area contributed by atoms with Crippen LogP contribution in [0.25, 0.3) is 0 Å². The molecular weight excluding hydrogens is 208 g/mol. The molecule has 0 radical (unpaired) electrons. The van der Waals surface area contributed by atoms with Crippen LogP contribution in [-0.2, 0) is 4.79 Å². The minimum atomic E-state index is 0.201. The lowest BCUT2D eigenvalue weighted by molar-refractivity contribution is -0.110. The Balaban J connectivity index is 3.63. The van der Waals surface area contributed by atoms with Crippen LogP contribution in [-0.4, -0.2) is 6.29 Å². The third-order valence-corrected chi connectivity index (χ3v) is 3.18. The molecule has 0 aliphatic rings. The van der Waals surface area contributed by atoms with Gasteiger partial charge in [0, 0.05) is 5.92 Å². The number of rotatable bonds is 10. The van der Waals surface area contributed by atoms with Crippen molar-refractivity contribution in [1.29, 1.82) is 0 Å². The Bertz CT molecular complexity index is 240. The predicted octanol–water partition coefficient (Wildman–Crippen LogP) is 4.93. The van der Waals surface area contributed by atoms with Crippen molar-refractivity contribution in [1.82, 2.24) is 0 Å². The first kappa shape index (κ1) is 16.1. The average molecular weight is 236 g/mol. The van der Waals surface area contributed by atoms with Gasteiger partial charge in [-0.15, -0.1) is 6.58 Å². The Morgan fingerprint density at radius 3 is 2.59 bits per heavy atom. The van der Waals surface area contributed by atoms with Gasteiger partial charge in [-0.2, -0.15) is 0 Å². The number of hydrogen-bond donors (Lipinski definition) is 0. The van der Waals surface area contributed by atoms with Crippen molar-refractivity contribution in [2.45, 2.75) is 59.3 Å². The standard InChI is InChI=1S/C16H28O/c1-5-8-14(2)9-6-10-15(3)11-7-12-16(4)13-17/h5,11,13-14,16H,1,6-10,12H2,2-4H3/b15-11+. The van der Waals surface area contributed by atoms with E-state index in [1.807, 2.05) is 13.0 Å². The fraction of sp³-hybridized carbons (Fsp3) is 0.688. The molecule has 0 fully saturated rings. The summed E-state index contributed by atoms with van der Waals surface area (Å²) < 4.78 is 0. The van der Waals surface area contributed by atoms with Crippen LogP contribution >= 0.6 is 0 Å². The highest BCUT2D eigenvalue weighted by Gasteiger charge is 2.00. The highest BCUT2D eigenvalue weighted by molar-refractivity contribution is 5.52. The SMILES string of the molecule is C=CCC(C)CCC/C(C)=C/CCC(C)C=O. The van der Waals surface area contributed by atoms with Gasteiger partial charge < -0.3 is 4.79 Å². The van der Waals surface area contributed by atoms with E-state index in [9.17, 15) is 4.79 Å². The van der Waals surface area contributed by atoms with Crippen molar-refractivity contribution in [2.24, 2.45) is 11.8 Å². The van der Waals surface area contributed by atoms with Crippen molar-refractivity contribution in [2.75, 3.05) is 0 Å². The molecular formula is C16H28O. The summed E-state index contributed by atoms with van der Waals surface area (Å²) in [5, 5.41) is 0. The molecule has 0 saturated heterocycles. The van der Waals surface area contributed by atoms with Crippen molar-refractivity contribution in [3.8, 4) is 0 Å². The van der Waals surface area contributed by atoms with Crippen molar-refractivity contribution >= 4 is 6.29 Å². The molecule has 0 heterocycles. The van der Waals surface area contributed by atoms with Gasteiger partial charge in [0.25, 0.3) is 0 Å². The summed E-state index contributed by atoms with van der Waals surface area (Å²) in [5.41, 5.74) is 1.47. The quantitative estimate of drug-likeness (QED) is 0.388. The summed E-state index contributed by atoms with van der Waals surface area (Å²) in [6.45, 7) is 10.2. The molecule has 0 saturated carbocycles. The van der Waals surface area contributed by atoms with Crippen molar-refractivity contribution < 1.29 is 4.79 Å². The zero-order chi connectivity index (χ0) is 13.1. The zero-order valence-electron chi connectivity index (χ0n) is 11.7. The number of allylic oxidation sites excluding steroid dienone is 3. The number of carbonyl (C=O) groups excluding carboxylic acids is 1. The van der Waals surface area contributed by atoms with E-state index < -0.39 is 0 Å². The van der Waals surface area contributed by atoms with E-state index in [0.717, 1.165) is 31.5 Å². The second-order valence-electron chi connectivity index (χ2n) is 5.26. The van der Waals surface area contributed by atoms with E-state index in [4.69, 9.17) is 0 Å². The smallest absolute Gasteiger partial charge is 0.122 e. The Labute approximate surface area is 107 Å². The Morgan fingerprint density at radius 1 is 1.29 bits per heavy atom. The largest absolute Gasteiger partial charge is 0.303 e. The van der Waals surface area contributed by atoms with Gasteiger partial charge in [0.2, 0.25) is 0 Å². The maximum atomic E-state index is 10.5. The summed E-state index contributed by atoms with van der Waals surface area (Å²) in [6, 6.07) is 0. The molecule has 1 heteroatoms. The summed E-state index contributed by atoms with van der Waals surface area (Å²) in [7, 11) is 0. The van der Waals surface area contributed by atoms with E-state index in [1.165, 1.54) is 24.8 Å². The Kier molecular flexibility index (Phi) is 9.80. The Hall–Kier alpha value is -0.850. The molecule has 0 aliphatic carbocycles. The third-order valence-electron chi connectivity index (χ3n) is 3.18. The van der Waals surface area contributed by atoms with Crippen LogP contribution < -0.4 is 0 Å². The molecule has 0 spiro atoms. The number of carbonyl (C=O) groups is 1. The molecule has 0 N–H and O–H groups in total. The van der Waals surface area contributed by atoms with E-state index in [-0.39, 0.29) is 5.92 Å². The van der Waals surface area contributed by atoms with Crippen LogP contribution in [0.5, 0.6) is 0 Å². The minimum Gasteiger partial charge on any atom is -0.303 e. The molecule has 17 heavy (non-hydrogen) atoms. The van der Waals surface area contributed by atoms with Crippen LogP contribution in [0, 0.1) is 11.8 Å². The minimum absolute atomic E-state index is 0.201. The highest BCUT2D eigenvalue weighted by Crippen LogP contribution is 2.16. The molecule has 0 aromatic rings. The first-order valence-electron chi connectivity index (χ1n) is 6.82. The van der Waals surface area contributed by atoms with Gasteiger partial charge in [0.1, 0.15) is 6.29 Å². The number of hydrogen-bond acceptors (Lipinski definition) is 1. The lowest BCUT2D eigenvalue weighted by atomic mass is 9.98. The zero-order valence-corrected chi connectivity index (χ0v) is 11.7. The van der Waals surface area contributed by atoms with Gasteiger partial charge >= 0.3 is 0 Å². The topological polar surface area (TPSA) is 17.1 Å². The average Bonchev–Trinajstić information content (AvgIpc) is 2.29. The monoisotopic (exact) mass is 236 g/mol. The second kappa shape index (κ2) is 10.3. The lowest BCUT2D eigenvalue weighted by Crippen LogP contribution is -1.94. The summed E-state index contributed by atoms with van der Waals surface area (Å²) in [4.78, 5) is 10.5. The molecule has 2 unspecified atom stereocenters. The molecule has 0 aromatic heterocycles. The van der Waals surface area contributed by atoms with Crippen LogP contribution in [0.15, 0.2) is 24.3 Å². The molecule has 0 rings (SSSR count). The van der Waals surface area contributed by atoms with Crippen LogP contribution in [0.3, 0.4) is 0 Å².